The molecule has 0 heterocycles. The molecule has 0 rings (SSSR count). The number of unbranched alkanes of at least 4 members (excludes halogenated alkanes) is 4. The van der Waals surface area contributed by atoms with Crippen molar-refractivity contribution in [1.29, 1.82) is 0 Å². The average molecular weight is 200 g/mol. The Balaban J connectivity index is 3.50. The Kier molecular flexibility index (Phi) is 6.34. The van der Waals surface area contributed by atoms with Crippen LogP contribution in [0.4, 0.5) is 4.79 Å². The van der Waals surface area contributed by atoms with Gasteiger partial charge in [0.15, 0.2) is 0 Å². The largest absolute Gasteiger partial charge is 0.352 e. The predicted octanol–water partition coefficient (Wildman–Crippen LogP) is 2.79. The number of carbonyl (C=O) groups is 1. The molecular weight excluding hydrogens is 176 g/mol. The van der Waals surface area contributed by atoms with E-state index in [2.05, 4.69) is 12.2 Å². The third-order valence-electron chi connectivity index (χ3n) is 2.37. The summed E-state index contributed by atoms with van der Waals surface area (Å²) in [5, 5.41) is 2.75. The van der Waals surface area contributed by atoms with E-state index in [0.717, 1.165) is 12.8 Å². The molecule has 0 aliphatic carbocycles. The number of carbonyl (C=O) groups excluding carboxylic acids is 1. The van der Waals surface area contributed by atoms with E-state index in [0.29, 0.717) is 0 Å². The zero-order valence-corrected chi connectivity index (χ0v) is 9.73. The number of nitrogens with one attached hydrogen (secondary N) is 1. The fourth-order valence-corrected chi connectivity index (χ4v) is 1.57. The first-order valence-corrected chi connectivity index (χ1v) is 5.55. The third kappa shape index (κ3) is 7.90. The van der Waals surface area contributed by atoms with Crippen molar-refractivity contribution in [3.05, 3.63) is 0 Å². The molecule has 3 heteroatoms. The van der Waals surface area contributed by atoms with Gasteiger partial charge in [0.2, 0.25) is 0 Å². The molecule has 14 heavy (non-hydrogen) atoms. The van der Waals surface area contributed by atoms with Crippen LogP contribution in [0.2, 0.25) is 0 Å². The SMILES string of the molecule is CCCCCCCC(C)(C)NC(N)=O. The van der Waals surface area contributed by atoms with Crippen LogP contribution < -0.4 is 11.1 Å². The minimum atomic E-state index is -0.427. The quantitative estimate of drug-likeness (QED) is 0.610. The summed E-state index contributed by atoms with van der Waals surface area (Å²) in [7, 11) is 0. The lowest BCUT2D eigenvalue weighted by Gasteiger charge is -2.25. The smallest absolute Gasteiger partial charge is 0.312 e. The summed E-state index contributed by atoms with van der Waals surface area (Å²) in [5.74, 6) is 0. The molecule has 2 amide bonds. The number of rotatable bonds is 7. The number of hydrogen-bond donors (Lipinski definition) is 2. The second-order valence-electron chi connectivity index (χ2n) is 4.54. The maximum Gasteiger partial charge on any atom is 0.312 e. The van der Waals surface area contributed by atoms with Gasteiger partial charge in [-0.3, -0.25) is 0 Å². The molecule has 0 unspecified atom stereocenters. The Labute approximate surface area is 87.4 Å². The number of urea groups is 1. The molecular formula is C11H24N2O. The first kappa shape index (κ1) is 13.3. The van der Waals surface area contributed by atoms with Gasteiger partial charge in [0, 0.05) is 5.54 Å². The van der Waals surface area contributed by atoms with Crippen molar-refractivity contribution in [3.63, 3.8) is 0 Å². The van der Waals surface area contributed by atoms with Crippen LogP contribution in [0.3, 0.4) is 0 Å². The van der Waals surface area contributed by atoms with Gasteiger partial charge >= 0.3 is 6.03 Å². The number of nitrogens with two attached hydrogens (primary N) is 1. The lowest BCUT2D eigenvalue weighted by atomic mass is 9.96. The Bertz CT molecular complexity index is 167. The summed E-state index contributed by atoms with van der Waals surface area (Å²) in [6.07, 6.45) is 7.28. The highest BCUT2D eigenvalue weighted by molar-refractivity contribution is 5.72. The molecule has 0 aromatic rings. The van der Waals surface area contributed by atoms with Crippen LogP contribution in [0.25, 0.3) is 0 Å². The number of hydrogen-bond acceptors (Lipinski definition) is 1. The van der Waals surface area contributed by atoms with Crippen molar-refractivity contribution in [2.45, 2.75) is 64.8 Å². The highest BCUT2D eigenvalue weighted by atomic mass is 16.2. The molecule has 0 aromatic heterocycles. The minimum Gasteiger partial charge on any atom is -0.352 e. The topological polar surface area (TPSA) is 55.1 Å². The Hall–Kier alpha value is -0.730. The van der Waals surface area contributed by atoms with Crippen LogP contribution in [0, 0.1) is 0 Å². The number of amides is 2. The first-order valence-electron chi connectivity index (χ1n) is 5.55. The molecule has 0 aliphatic rings. The number of primary amides is 1. The van der Waals surface area contributed by atoms with Crippen molar-refractivity contribution in [3.8, 4) is 0 Å². The lowest BCUT2D eigenvalue weighted by Crippen LogP contribution is -2.46. The van der Waals surface area contributed by atoms with E-state index in [9.17, 15) is 4.79 Å². The third-order valence-corrected chi connectivity index (χ3v) is 2.37. The molecule has 84 valence electrons. The standard InChI is InChI=1S/C11H24N2O/c1-4-5-6-7-8-9-11(2,3)13-10(12)14/h4-9H2,1-3H3,(H3,12,13,14). The summed E-state index contributed by atoms with van der Waals surface area (Å²) >= 11 is 0. The van der Waals surface area contributed by atoms with Crippen molar-refractivity contribution >= 4 is 6.03 Å². The lowest BCUT2D eigenvalue weighted by molar-refractivity contribution is 0.235. The first-order chi connectivity index (χ1) is 6.48. The second kappa shape index (κ2) is 6.68. The van der Waals surface area contributed by atoms with E-state index in [1.807, 2.05) is 13.8 Å². The van der Waals surface area contributed by atoms with Gasteiger partial charge in [-0.2, -0.15) is 0 Å². The van der Waals surface area contributed by atoms with Crippen LogP contribution in [0.1, 0.15) is 59.3 Å². The second-order valence-corrected chi connectivity index (χ2v) is 4.54. The van der Waals surface area contributed by atoms with Crippen molar-refractivity contribution < 1.29 is 4.79 Å². The van der Waals surface area contributed by atoms with Crippen molar-refractivity contribution in [1.82, 2.24) is 5.32 Å². The molecule has 3 nitrogen and oxygen atoms in total. The Morgan fingerprint density at radius 1 is 1.21 bits per heavy atom. The van der Waals surface area contributed by atoms with Gasteiger partial charge in [-0.25, -0.2) is 4.79 Å². The molecule has 0 bridgehead atoms. The van der Waals surface area contributed by atoms with Gasteiger partial charge in [-0.1, -0.05) is 39.0 Å². The molecule has 0 aromatic carbocycles. The van der Waals surface area contributed by atoms with Crippen LogP contribution in [-0.4, -0.2) is 11.6 Å². The fourth-order valence-electron chi connectivity index (χ4n) is 1.57. The highest BCUT2D eigenvalue weighted by Gasteiger charge is 2.17. The summed E-state index contributed by atoms with van der Waals surface area (Å²) in [4.78, 5) is 10.7. The van der Waals surface area contributed by atoms with Gasteiger partial charge in [0.25, 0.3) is 0 Å². The van der Waals surface area contributed by atoms with Crippen LogP contribution in [-0.2, 0) is 0 Å². The summed E-state index contributed by atoms with van der Waals surface area (Å²) in [6, 6.07) is -0.427. The summed E-state index contributed by atoms with van der Waals surface area (Å²) in [5.41, 5.74) is 4.93. The van der Waals surface area contributed by atoms with Crippen molar-refractivity contribution in [2.75, 3.05) is 0 Å². The van der Waals surface area contributed by atoms with E-state index in [-0.39, 0.29) is 5.54 Å². The summed E-state index contributed by atoms with van der Waals surface area (Å²) < 4.78 is 0. The van der Waals surface area contributed by atoms with Gasteiger partial charge < -0.3 is 11.1 Å². The normalized spacial score (nSPS) is 11.4. The predicted molar refractivity (Wildman–Crippen MR) is 60.2 cm³/mol. The van der Waals surface area contributed by atoms with Crippen LogP contribution >= 0.6 is 0 Å². The maximum absolute atomic E-state index is 10.7. The Morgan fingerprint density at radius 2 is 1.79 bits per heavy atom. The molecule has 0 spiro atoms. The zero-order chi connectivity index (χ0) is 11.0. The van der Waals surface area contributed by atoms with Gasteiger partial charge in [-0.05, 0) is 20.3 Å². The average Bonchev–Trinajstić information content (AvgIpc) is 2.01. The van der Waals surface area contributed by atoms with Crippen LogP contribution in [0.5, 0.6) is 0 Å². The van der Waals surface area contributed by atoms with E-state index >= 15 is 0 Å². The zero-order valence-electron chi connectivity index (χ0n) is 9.73. The van der Waals surface area contributed by atoms with E-state index in [4.69, 9.17) is 5.73 Å². The maximum atomic E-state index is 10.7. The van der Waals surface area contributed by atoms with Gasteiger partial charge in [0.1, 0.15) is 0 Å². The molecule has 0 saturated heterocycles. The van der Waals surface area contributed by atoms with E-state index in [1.54, 1.807) is 0 Å². The monoisotopic (exact) mass is 200 g/mol. The molecule has 0 atom stereocenters. The van der Waals surface area contributed by atoms with Crippen molar-refractivity contribution in [2.24, 2.45) is 5.73 Å². The van der Waals surface area contributed by atoms with Gasteiger partial charge in [0.05, 0.1) is 0 Å². The summed E-state index contributed by atoms with van der Waals surface area (Å²) in [6.45, 7) is 6.23. The minimum absolute atomic E-state index is 0.155. The van der Waals surface area contributed by atoms with Gasteiger partial charge in [-0.15, -0.1) is 0 Å². The highest BCUT2D eigenvalue weighted by Crippen LogP contribution is 2.14. The Morgan fingerprint density at radius 3 is 2.29 bits per heavy atom. The molecule has 0 saturated carbocycles. The molecule has 3 N–H and O–H groups in total. The molecule has 0 aliphatic heterocycles. The van der Waals surface area contributed by atoms with E-state index < -0.39 is 6.03 Å². The fraction of sp³-hybridized carbons (Fsp3) is 0.909. The molecule has 0 radical (unpaired) electrons. The van der Waals surface area contributed by atoms with Crippen LogP contribution in [0.15, 0.2) is 0 Å². The van der Waals surface area contributed by atoms with E-state index in [1.165, 1.54) is 25.7 Å². The molecule has 0 fully saturated rings.